The van der Waals surface area contributed by atoms with E-state index in [1.54, 1.807) is 6.08 Å². The third kappa shape index (κ3) is 1.66. The van der Waals surface area contributed by atoms with E-state index in [-0.39, 0.29) is 6.40 Å². The highest BCUT2D eigenvalue weighted by atomic mass is 16.3. The van der Waals surface area contributed by atoms with Crippen molar-refractivity contribution in [3.8, 4) is 0 Å². The Morgan fingerprint density at radius 2 is 2.50 bits per heavy atom. The predicted molar refractivity (Wildman–Crippen MR) is 33.6 cm³/mol. The lowest BCUT2D eigenvalue weighted by molar-refractivity contribution is 0.167. The number of rotatable bonds is 0. The Balaban J connectivity index is 2.46. The average molecular weight is 113 g/mol. The number of hydrogen-bond acceptors (Lipinski definition) is 1. The van der Waals surface area contributed by atoms with Crippen LogP contribution in [0, 0.1) is 0 Å². The molecule has 0 aromatic carbocycles. The highest BCUT2D eigenvalue weighted by Gasteiger charge is 2.02. The van der Waals surface area contributed by atoms with E-state index in [0.717, 1.165) is 19.3 Å². The molecular weight excluding hydrogens is 100 g/mol. The Labute approximate surface area is 51.4 Å². The number of allylic oxidation sites excluding steroid dienone is 1. The summed E-state index contributed by atoms with van der Waals surface area (Å²) in [5.41, 5.74) is 0. The van der Waals surface area contributed by atoms with E-state index in [2.05, 4.69) is 0 Å². The Bertz CT molecular complexity index is 111. The standard InChI is InChI=1S/C7H12O/c8-7-5-3-1-2-4-6-7/h1,3,7-8H,2,4-6H2/t7-/m0/s1/i5D/t5-,7+/m1. The van der Waals surface area contributed by atoms with Crippen molar-refractivity contribution in [2.45, 2.75) is 31.8 Å². The van der Waals surface area contributed by atoms with E-state index >= 15 is 0 Å². The molecule has 1 N–H and O–H groups in total. The first-order chi connectivity index (χ1) is 4.30. The van der Waals surface area contributed by atoms with Crippen molar-refractivity contribution < 1.29 is 6.48 Å². The fourth-order valence-electron chi connectivity index (χ4n) is 0.844. The van der Waals surface area contributed by atoms with Crippen LogP contribution in [0.2, 0.25) is 0 Å². The number of aliphatic hydroxyl groups is 1. The molecule has 0 aromatic heterocycles. The molecule has 46 valence electrons. The third-order valence-electron chi connectivity index (χ3n) is 1.34. The highest BCUT2D eigenvalue weighted by Crippen LogP contribution is 2.10. The molecule has 1 aliphatic rings. The maximum atomic E-state index is 9.12. The first-order valence-corrected chi connectivity index (χ1v) is 3.07. The van der Waals surface area contributed by atoms with E-state index in [1.807, 2.05) is 6.08 Å². The summed E-state index contributed by atoms with van der Waals surface area (Å²) in [7, 11) is 0. The summed E-state index contributed by atoms with van der Waals surface area (Å²) in [6, 6.07) is 0. The summed E-state index contributed by atoms with van der Waals surface area (Å²) < 4.78 is 7.28. The van der Waals surface area contributed by atoms with Crippen LogP contribution in [-0.4, -0.2) is 11.2 Å². The lowest BCUT2D eigenvalue weighted by Crippen LogP contribution is -2.01. The van der Waals surface area contributed by atoms with Gasteiger partial charge in [-0.2, -0.15) is 0 Å². The molecule has 0 aromatic rings. The van der Waals surface area contributed by atoms with E-state index in [1.165, 1.54) is 0 Å². The molecule has 1 rings (SSSR count). The number of aliphatic hydroxyl groups excluding tert-OH is 1. The second kappa shape index (κ2) is 2.88. The van der Waals surface area contributed by atoms with Gasteiger partial charge in [0.2, 0.25) is 0 Å². The van der Waals surface area contributed by atoms with Gasteiger partial charge in [-0.15, -0.1) is 0 Å². The molecule has 0 fully saturated rings. The van der Waals surface area contributed by atoms with Crippen molar-refractivity contribution in [2.75, 3.05) is 0 Å². The molecule has 0 radical (unpaired) electrons. The largest absolute Gasteiger partial charge is 0.393 e. The fraction of sp³-hybridized carbons (Fsp3) is 0.714. The SMILES string of the molecule is [2H][C@@H]1C=CCCC[C@H]1O. The zero-order chi connectivity index (χ0) is 6.69. The molecule has 0 saturated carbocycles. The van der Waals surface area contributed by atoms with E-state index < -0.39 is 6.10 Å². The predicted octanol–water partition coefficient (Wildman–Crippen LogP) is 1.48. The van der Waals surface area contributed by atoms with Crippen LogP contribution in [0.1, 0.15) is 27.0 Å². The minimum absolute atomic E-state index is 0.382. The van der Waals surface area contributed by atoms with E-state index in [9.17, 15) is 0 Å². The molecule has 0 amide bonds. The van der Waals surface area contributed by atoms with Crippen LogP contribution in [-0.2, 0) is 0 Å². The van der Waals surface area contributed by atoms with Gasteiger partial charge < -0.3 is 5.11 Å². The van der Waals surface area contributed by atoms with Gasteiger partial charge in [0.1, 0.15) is 0 Å². The molecule has 0 unspecified atom stereocenters. The summed E-state index contributed by atoms with van der Waals surface area (Å²) in [5, 5.41) is 9.12. The van der Waals surface area contributed by atoms with Gasteiger partial charge in [0.05, 0.1) is 6.10 Å². The average Bonchev–Trinajstić information content (AvgIpc) is 1.99. The molecule has 2 atom stereocenters. The van der Waals surface area contributed by atoms with Crippen LogP contribution >= 0.6 is 0 Å². The zero-order valence-corrected chi connectivity index (χ0v) is 4.88. The van der Waals surface area contributed by atoms with Gasteiger partial charge >= 0.3 is 0 Å². The molecular formula is C7H12O. The second-order valence-corrected chi connectivity index (χ2v) is 2.12. The molecule has 1 heteroatoms. The Kier molecular flexibility index (Phi) is 1.64. The van der Waals surface area contributed by atoms with Crippen molar-refractivity contribution in [3.05, 3.63) is 12.2 Å². The minimum atomic E-state index is -0.427. The van der Waals surface area contributed by atoms with E-state index in [0.29, 0.717) is 0 Å². The summed E-state index contributed by atoms with van der Waals surface area (Å²) in [5.74, 6) is 0. The van der Waals surface area contributed by atoms with Crippen LogP contribution < -0.4 is 0 Å². The van der Waals surface area contributed by atoms with Crippen LogP contribution in [0.25, 0.3) is 0 Å². The maximum Gasteiger partial charge on any atom is 0.0574 e. The molecule has 0 saturated heterocycles. The molecule has 0 bridgehead atoms. The first-order valence-electron chi connectivity index (χ1n) is 3.65. The fourth-order valence-corrected chi connectivity index (χ4v) is 0.844. The second-order valence-electron chi connectivity index (χ2n) is 2.12. The van der Waals surface area contributed by atoms with Crippen LogP contribution in [0.3, 0.4) is 0 Å². The van der Waals surface area contributed by atoms with Gasteiger partial charge in [-0.1, -0.05) is 12.2 Å². The van der Waals surface area contributed by atoms with Crippen molar-refractivity contribution in [1.29, 1.82) is 0 Å². The Morgan fingerprint density at radius 1 is 1.62 bits per heavy atom. The molecule has 1 nitrogen and oxygen atoms in total. The molecule has 0 aliphatic heterocycles. The van der Waals surface area contributed by atoms with Gasteiger partial charge in [0, 0.05) is 1.37 Å². The Hall–Kier alpha value is -0.300. The third-order valence-corrected chi connectivity index (χ3v) is 1.34. The van der Waals surface area contributed by atoms with E-state index in [4.69, 9.17) is 6.48 Å². The molecule has 0 spiro atoms. The van der Waals surface area contributed by atoms with Gasteiger partial charge in [-0.3, -0.25) is 0 Å². The van der Waals surface area contributed by atoms with Crippen molar-refractivity contribution in [1.82, 2.24) is 0 Å². The quantitative estimate of drug-likeness (QED) is 0.472. The Morgan fingerprint density at radius 3 is 3.38 bits per heavy atom. The van der Waals surface area contributed by atoms with Crippen molar-refractivity contribution in [3.63, 3.8) is 0 Å². The lowest BCUT2D eigenvalue weighted by Gasteiger charge is -2.01. The van der Waals surface area contributed by atoms with Gasteiger partial charge in [0.15, 0.2) is 0 Å². The highest BCUT2D eigenvalue weighted by molar-refractivity contribution is 4.87. The van der Waals surface area contributed by atoms with Crippen molar-refractivity contribution in [2.24, 2.45) is 0 Å². The van der Waals surface area contributed by atoms with Crippen LogP contribution in [0.5, 0.6) is 0 Å². The maximum absolute atomic E-state index is 9.12. The molecule has 1 aliphatic carbocycles. The monoisotopic (exact) mass is 113 g/mol. The topological polar surface area (TPSA) is 20.2 Å². The summed E-state index contributed by atoms with van der Waals surface area (Å²) in [6.45, 7) is 0. The normalized spacial score (nSPS) is 40.9. The smallest absolute Gasteiger partial charge is 0.0574 e. The summed E-state index contributed by atoms with van der Waals surface area (Å²) in [4.78, 5) is 0. The van der Waals surface area contributed by atoms with Gasteiger partial charge in [-0.05, 0) is 25.7 Å². The summed E-state index contributed by atoms with van der Waals surface area (Å²) >= 11 is 0. The van der Waals surface area contributed by atoms with Crippen LogP contribution in [0.15, 0.2) is 12.2 Å². The number of hydrogen-bond donors (Lipinski definition) is 1. The van der Waals surface area contributed by atoms with Crippen molar-refractivity contribution >= 4 is 0 Å². The van der Waals surface area contributed by atoms with Gasteiger partial charge in [0.25, 0.3) is 0 Å². The van der Waals surface area contributed by atoms with Crippen LogP contribution in [0.4, 0.5) is 0 Å². The first kappa shape index (κ1) is 4.57. The minimum Gasteiger partial charge on any atom is -0.393 e. The molecule has 8 heavy (non-hydrogen) atoms. The summed E-state index contributed by atoms with van der Waals surface area (Å²) in [6.07, 6.45) is 5.77. The molecule has 0 heterocycles. The zero-order valence-electron chi connectivity index (χ0n) is 5.88. The lowest BCUT2D eigenvalue weighted by atomic mass is 10.2. The van der Waals surface area contributed by atoms with Gasteiger partial charge in [-0.25, -0.2) is 0 Å².